The van der Waals surface area contributed by atoms with Gasteiger partial charge in [0.25, 0.3) is 0 Å². The van der Waals surface area contributed by atoms with E-state index >= 15 is 0 Å². The summed E-state index contributed by atoms with van der Waals surface area (Å²) in [4.78, 5) is 11.5. The number of carbonyl (C=O) groups is 1. The maximum Gasteiger partial charge on any atom is 0.337 e. The molecule has 3 aromatic rings. The van der Waals surface area contributed by atoms with E-state index in [4.69, 9.17) is 0 Å². The number of pyridine rings is 1. The third-order valence-corrected chi connectivity index (χ3v) is 3.21. The van der Waals surface area contributed by atoms with Gasteiger partial charge in [-0.25, -0.2) is 4.79 Å². The summed E-state index contributed by atoms with van der Waals surface area (Å²) in [5.74, 6) is -1.00. The number of aromatic carboxylic acids is 1. The van der Waals surface area contributed by atoms with Crippen LogP contribution in [0.15, 0.2) is 54.7 Å². The van der Waals surface area contributed by atoms with Crippen molar-refractivity contribution in [3.8, 4) is 17.3 Å². The first-order valence-corrected chi connectivity index (χ1v) is 6.05. The average Bonchev–Trinajstić information content (AvgIpc) is 2.86. The molecule has 0 spiro atoms. The van der Waals surface area contributed by atoms with E-state index in [9.17, 15) is 15.2 Å². The Morgan fingerprint density at radius 2 is 1.90 bits per heavy atom. The fourth-order valence-corrected chi connectivity index (χ4v) is 2.35. The van der Waals surface area contributed by atoms with Crippen molar-refractivity contribution in [2.75, 3.05) is 0 Å². The predicted molar refractivity (Wildman–Crippen MR) is 74.5 cm³/mol. The highest BCUT2D eigenvalue weighted by atomic mass is 16.4. The molecule has 96 valence electrons. The molecule has 20 heavy (non-hydrogen) atoms. The van der Waals surface area contributed by atoms with E-state index in [0.29, 0.717) is 16.8 Å². The van der Waals surface area contributed by atoms with E-state index in [1.165, 1.54) is 0 Å². The maximum atomic E-state index is 11.5. The van der Waals surface area contributed by atoms with Crippen molar-refractivity contribution in [2.24, 2.45) is 0 Å². The third kappa shape index (κ3) is 1.73. The lowest BCUT2D eigenvalue weighted by Gasteiger charge is -2.06. The summed E-state index contributed by atoms with van der Waals surface area (Å²) in [6.07, 6.45) is 1.80. The van der Waals surface area contributed by atoms with E-state index in [0.717, 1.165) is 5.52 Å². The molecule has 1 N–H and O–H groups in total. The third-order valence-electron chi connectivity index (χ3n) is 3.21. The van der Waals surface area contributed by atoms with Crippen LogP contribution in [0.5, 0.6) is 0 Å². The topological polar surface area (TPSA) is 65.5 Å². The fourth-order valence-electron chi connectivity index (χ4n) is 2.35. The molecule has 2 heterocycles. The van der Waals surface area contributed by atoms with Gasteiger partial charge in [0.2, 0.25) is 0 Å². The van der Waals surface area contributed by atoms with Gasteiger partial charge in [-0.3, -0.25) is 0 Å². The highest BCUT2D eigenvalue weighted by molar-refractivity contribution is 5.98. The summed E-state index contributed by atoms with van der Waals surface area (Å²) < 4.78 is 1.79. The average molecular weight is 262 g/mol. The Morgan fingerprint density at radius 1 is 1.15 bits per heavy atom. The molecule has 0 unspecified atom stereocenters. The standard InChI is InChI=1S/C16H10N2O2/c17-10-11-5-1-2-7-13(11)15-14(16(19)20)9-12-6-3-4-8-18(12)15/h1-9H,(H,19,20). The molecule has 0 aliphatic carbocycles. The summed E-state index contributed by atoms with van der Waals surface area (Å²) in [6.45, 7) is 0. The second-order valence-corrected chi connectivity index (χ2v) is 4.36. The van der Waals surface area contributed by atoms with Crippen molar-refractivity contribution in [2.45, 2.75) is 0 Å². The Bertz CT molecular complexity index is 856. The second-order valence-electron chi connectivity index (χ2n) is 4.36. The first kappa shape index (κ1) is 12.0. The van der Waals surface area contributed by atoms with E-state index in [-0.39, 0.29) is 5.56 Å². The summed E-state index contributed by atoms with van der Waals surface area (Å²) >= 11 is 0. The van der Waals surface area contributed by atoms with Crippen LogP contribution < -0.4 is 0 Å². The number of carboxylic acids is 1. The van der Waals surface area contributed by atoms with Crippen LogP contribution in [0.25, 0.3) is 16.8 Å². The van der Waals surface area contributed by atoms with Gasteiger partial charge in [-0.2, -0.15) is 5.26 Å². The van der Waals surface area contributed by atoms with Crippen molar-refractivity contribution in [3.05, 3.63) is 65.9 Å². The van der Waals surface area contributed by atoms with Crippen molar-refractivity contribution >= 4 is 11.5 Å². The van der Waals surface area contributed by atoms with Gasteiger partial charge in [-0.05, 0) is 24.3 Å². The highest BCUT2D eigenvalue weighted by Gasteiger charge is 2.19. The van der Waals surface area contributed by atoms with Crippen molar-refractivity contribution in [3.63, 3.8) is 0 Å². The molecule has 0 saturated heterocycles. The van der Waals surface area contributed by atoms with Gasteiger partial charge in [0.15, 0.2) is 0 Å². The Labute approximate surface area is 115 Å². The first-order valence-electron chi connectivity index (χ1n) is 6.05. The van der Waals surface area contributed by atoms with Crippen molar-refractivity contribution < 1.29 is 9.90 Å². The van der Waals surface area contributed by atoms with Crippen LogP contribution in [0, 0.1) is 11.3 Å². The molecule has 4 heteroatoms. The van der Waals surface area contributed by atoms with Gasteiger partial charge in [-0.1, -0.05) is 24.3 Å². The van der Waals surface area contributed by atoms with Crippen LogP contribution in [-0.4, -0.2) is 15.5 Å². The van der Waals surface area contributed by atoms with Crippen molar-refractivity contribution in [1.29, 1.82) is 5.26 Å². The summed E-state index contributed by atoms with van der Waals surface area (Å²) in [6, 6.07) is 16.2. The van der Waals surface area contributed by atoms with Crippen LogP contribution in [0.1, 0.15) is 15.9 Å². The quantitative estimate of drug-likeness (QED) is 0.771. The first-order chi connectivity index (χ1) is 9.72. The zero-order valence-corrected chi connectivity index (χ0v) is 10.4. The zero-order chi connectivity index (χ0) is 14.1. The van der Waals surface area contributed by atoms with E-state index in [1.807, 2.05) is 18.2 Å². The van der Waals surface area contributed by atoms with Gasteiger partial charge in [0, 0.05) is 17.3 Å². The van der Waals surface area contributed by atoms with Crippen LogP contribution in [0.4, 0.5) is 0 Å². The number of rotatable bonds is 2. The predicted octanol–water partition coefficient (Wildman–Crippen LogP) is 3.18. The molecule has 1 aromatic carbocycles. The molecule has 2 aromatic heterocycles. The molecule has 0 atom stereocenters. The van der Waals surface area contributed by atoms with Crippen LogP contribution in [-0.2, 0) is 0 Å². The van der Waals surface area contributed by atoms with Gasteiger partial charge in [-0.15, -0.1) is 0 Å². The largest absolute Gasteiger partial charge is 0.478 e. The lowest BCUT2D eigenvalue weighted by molar-refractivity contribution is 0.0698. The van der Waals surface area contributed by atoms with Crippen molar-refractivity contribution in [1.82, 2.24) is 4.40 Å². The lowest BCUT2D eigenvalue weighted by atomic mass is 10.0. The van der Waals surface area contributed by atoms with Crippen LogP contribution >= 0.6 is 0 Å². The molecule has 0 amide bonds. The number of hydrogen-bond acceptors (Lipinski definition) is 2. The molecular weight excluding hydrogens is 252 g/mol. The number of benzene rings is 1. The smallest absolute Gasteiger partial charge is 0.337 e. The number of nitriles is 1. The normalized spacial score (nSPS) is 10.3. The summed E-state index contributed by atoms with van der Waals surface area (Å²) in [5.41, 5.74) is 2.59. The zero-order valence-electron chi connectivity index (χ0n) is 10.4. The Morgan fingerprint density at radius 3 is 2.65 bits per heavy atom. The molecular formula is C16H10N2O2. The fraction of sp³-hybridized carbons (Fsp3) is 0. The van der Waals surface area contributed by atoms with Gasteiger partial charge < -0.3 is 9.51 Å². The lowest BCUT2D eigenvalue weighted by Crippen LogP contribution is -1.99. The van der Waals surface area contributed by atoms with Gasteiger partial charge in [0.1, 0.15) is 0 Å². The summed E-state index contributed by atoms with van der Waals surface area (Å²) in [5, 5.41) is 18.6. The number of nitrogens with zero attached hydrogens (tertiary/aromatic N) is 2. The molecule has 0 aliphatic rings. The van der Waals surface area contributed by atoms with Gasteiger partial charge >= 0.3 is 5.97 Å². The van der Waals surface area contributed by atoms with Gasteiger partial charge in [0.05, 0.1) is 22.9 Å². The monoisotopic (exact) mass is 262 g/mol. The Kier molecular flexibility index (Phi) is 2.73. The molecule has 0 aliphatic heterocycles. The minimum Gasteiger partial charge on any atom is -0.478 e. The minimum atomic E-state index is -1.00. The molecule has 0 bridgehead atoms. The highest BCUT2D eigenvalue weighted by Crippen LogP contribution is 2.30. The number of carboxylic acid groups (broad SMARTS) is 1. The number of hydrogen-bond donors (Lipinski definition) is 1. The van der Waals surface area contributed by atoms with E-state index < -0.39 is 5.97 Å². The molecule has 0 saturated carbocycles. The molecule has 0 fully saturated rings. The molecule has 3 rings (SSSR count). The Balaban J connectivity index is 2.43. The van der Waals surface area contributed by atoms with E-state index in [1.54, 1.807) is 40.9 Å². The minimum absolute atomic E-state index is 0.193. The number of fused-ring (bicyclic) bond motifs is 1. The van der Waals surface area contributed by atoms with Crippen LogP contribution in [0.3, 0.4) is 0 Å². The van der Waals surface area contributed by atoms with Crippen LogP contribution in [0.2, 0.25) is 0 Å². The molecule has 0 radical (unpaired) electrons. The SMILES string of the molecule is N#Cc1ccccc1-c1c(C(=O)O)cc2ccccn12. The number of aromatic nitrogens is 1. The molecule has 4 nitrogen and oxygen atoms in total. The van der Waals surface area contributed by atoms with E-state index in [2.05, 4.69) is 6.07 Å². The maximum absolute atomic E-state index is 11.5. The summed E-state index contributed by atoms with van der Waals surface area (Å²) in [7, 11) is 0. The second kappa shape index (κ2) is 4.56. The Hall–Kier alpha value is -3.06.